The molecule has 0 aromatic carbocycles. The van der Waals surface area contributed by atoms with Gasteiger partial charge in [0.15, 0.2) is 0 Å². The molecule has 2 rings (SSSR count). The average molecular weight is 314 g/mol. The Kier molecular flexibility index (Phi) is 5.25. The van der Waals surface area contributed by atoms with Crippen LogP contribution in [0.3, 0.4) is 0 Å². The fourth-order valence-corrected chi connectivity index (χ4v) is 2.93. The van der Waals surface area contributed by atoms with Gasteiger partial charge in [-0.25, -0.2) is 0 Å². The summed E-state index contributed by atoms with van der Waals surface area (Å²) in [7, 11) is 0. The van der Waals surface area contributed by atoms with E-state index in [0.717, 1.165) is 37.3 Å². The summed E-state index contributed by atoms with van der Waals surface area (Å²) >= 11 is 3.54. The van der Waals surface area contributed by atoms with Gasteiger partial charge in [0.25, 0.3) is 0 Å². The number of hydrogen-bond acceptors (Lipinski definition) is 2. The van der Waals surface area contributed by atoms with Gasteiger partial charge < -0.3 is 0 Å². The van der Waals surface area contributed by atoms with Crippen molar-refractivity contribution in [2.24, 2.45) is 0 Å². The molecule has 0 atom stereocenters. The van der Waals surface area contributed by atoms with Crippen molar-refractivity contribution in [3.63, 3.8) is 0 Å². The lowest BCUT2D eigenvalue weighted by Gasteiger charge is -2.19. The number of hydrogen-bond donors (Lipinski definition) is 0. The molecule has 1 aliphatic rings. The third-order valence-electron chi connectivity index (χ3n) is 3.78. The highest BCUT2D eigenvalue weighted by Gasteiger charge is 2.28. The lowest BCUT2D eigenvalue weighted by Crippen LogP contribution is -2.27. The van der Waals surface area contributed by atoms with Gasteiger partial charge in [0.2, 0.25) is 0 Å². The van der Waals surface area contributed by atoms with E-state index in [1.54, 1.807) is 0 Å². The number of halogens is 1. The third-order valence-corrected chi connectivity index (χ3v) is 4.13. The molecular formula is C14H24BrN3. The van der Waals surface area contributed by atoms with Crippen molar-refractivity contribution in [3.8, 4) is 0 Å². The van der Waals surface area contributed by atoms with Gasteiger partial charge in [0.1, 0.15) is 0 Å². The summed E-state index contributed by atoms with van der Waals surface area (Å²) in [5, 5.41) is 5.80. The summed E-state index contributed by atoms with van der Waals surface area (Å²) in [6, 6.07) is 3.55. The summed E-state index contributed by atoms with van der Waals surface area (Å²) in [6.45, 7) is 6.60. The van der Waals surface area contributed by atoms with Crippen LogP contribution in [0, 0.1) is 0 Å². The molecule has 1 aliphatic carbocycles. The molecule has 0 radical (unpaired) electrons. The molecule has 102 valence electrons. The second-order valence-electron chi connectivity index (χ2n) is 5.15. The molecule has 0 spiro atoms. The number of aromatic nitrogens is 2. The molecule has 1 aromatic heterocycles. The van der Waals surface area contributed by atoms with Crippen LogP contribution in [0.1, 0.15) is 51.3 Å². The van der Waals surface area contributed by atoms with Gasteiger partial charge in [-0.1, -0.05) is 29.8 Å². The highest BCUT2D eigenvalue weighted by Crippen LogP contribution is 2.28. The van der Waals surface area contributed by atoms with Crippen LogP contribution in [0.4, 0.5) is 0 Å². The van der Waals surface area contributed by atoms with Crippen LogP contribution < -0.4 is 0 Å². The van der Waals surface area contributed by atoms with E-state index in [2.05, 4.69) is 51.6 Å². The minimum absolute atomic E-state index is 0.560. The quantitative estimate of drug-likeness (QED) is 0.684. The van der Waals surface area contributed by atoms with Gasteiger partial charge in [-0.15, -0.1) is 0 Å². The Morgan fingerprint density at radius 1 is 1.44 bits per heavy atom. The van der Waals surface area contributed by atoms with Crippen molar-refractivity contribution in [2.75, 3.05) is 11.9 Å². The minimum Gasteiger partial charge on any atom is -0.294 e. The van der Waals surface area contributed by atoms with Crippen LogP contribution in [0.5, 0.6) is 0 Å². The topological polar surface area (TPSA) is 21.1 Å². The van der Waals surface area contributed by atoms with Crippen molar-refractivity contribution >= 4 is 15.9 Å². The van der Waals surface area contributed by atoms with Crippen LogP contribution in [-0.2, 0) is 6.54 Å². The van der Waals surface area contributed by atoms with Crippen molar-refractivity contribution < 1.29 is 0 Å². The zero-order valence-electron chi connectivity index (χ0n) is 11.5. The van der Waals surface area contributed by atoms with E-state index in [0.29, 0.717) is 6.04 Å². The first-order chi connectivity index (χ1) is 8.78. The highest BCUT2D eigenvalue weighted by atomic mass is 79.9. The van der Waals surface area contributed by atoms with Crippen LogP contribution in [-0.4, -0.2) is 32.6 Å². The van der Waals surface area contributed by atoms with Crippen LogP contribution in [0.15, 0.2) is 12.3 Å². The van der Waals surface area contributed by atoms with E-state index >= 15 is 0 Å². The summed E-state index contributed by atoms with van der Waals surface area (Å²) in [6.07, 6.45) is 7.18. The Bertz CT molecular complexity index is 356. The van der Waals surface area contributed by atoms with Crippen LogP contribution >= 0.6 is 15.9 Å². The Balaban J connectivity index is 1.96. The maximum Gasteiger partial charge on any atom is 0.0765 e. The average Bonchev–Trinajstić information content (AvgIpc) is 3.12. The molecular weight excluding hydrogens is 290 g/mol. The molecule has 4 heteroatoms. The summed E-state index contributed by atoms with van der Waals surface area (Å²) in [4.78, 5) is 2.55. The standard InChI is InChI=1S/C14H24BrN3/c1-3-13(4-2)18-9-7-12(16-18)11-17(10-8-15)14-5-6-14/h7,9,13-14H,3-6,8,10-11H2,1-2H3. The molecule has 0 amide bonds. The largest absolute Gasteiger partial charge is 0.294 e. The van der Waals surface area contributed by atoms with E-state index in [1.165, 1.54) is 18.5 Å². The molecule has 0 saturated heterocycles. The number of rotatable bonds is 8. The van der Waals surface area contributed by atoms with Crippen LogP contribution in [0.25, 0.3) is 0 Å². The first kappa shape index (κ1) is 14.1. The number of alkyl halides is 1. The Morgan fingerprint density at radius 2 is 2.17 bits per heavy atom. The van der Waals surface area contributed by atoms with E-state index in [4.69, 9.17) is 5.10 Å². The summed E-state index contributed by atoms with van der Waals surface area (Å²) < 4.78 is 2.15. The fourth-order valence-electron chi connectivity index (χ4n) is 2.47. The molecule has 1 saturated carbocycles. The Morgan fingerprint density at radius 3 is 2.72 bits per heavy atom. The van der Waals surface area contributed by atoms with Crippen molar-refractivity contribution in [1.29, 1.82) is 0 Å². The normalized spacial score (nSPS) is 15.8. The molecule has 1 aromatic rings. The first-order valence-electron chi connectivity index (χ1n) is 7.12. The molecule has 0 N–H and O–H groups in total. The fraction of sp³-hybridized carbons (Fsp3) is 0.786. The molecule has 1 fully saturated rings. The predicted molar refractivity (Wildman–Crippen MR) is 79.1 cm³/mol. The van der Waals surface area contributed by atoms with E-state index in [9.17, 15) is 0 Å². The second kappa shape index (κ2) is 6.71. The molecule has 3 nitrogen and oxygen atoms in total. The van der Waals surface area contributed by atoms with Gasteiger partial charge in [0, 0.05) is 30.7 Å². The smallest absolute Gasteiger partial charge is 0.0765 e. The van der Waals surface area contributed by atoms with Crippen LogP contribution in [0.2, 0.25) is 0 Å². The highest BCUT2D eigenvalue weighted by molar-refractivity contribution is 9.09. The number of nitrogens with zero attached hydrogens (tertiary/aromatic N) is 3. The molecule has 1 heterocycles. The molecule has 0 unspecified atom stereocenters. The van der Waals surface area contributed by atoms with E-state index < -0.39 is 0 Å². The summed E-state index contributed by atoms with van der Waals surface area (Å²) in [5.41, 5.74) is 1.22. The van der Waals surface area contributed by atoms with Gasteiger partial charge in [-0.3, -0.25) is 9.58 Å². The molecule has 18 heavy (non-hydrogen) atoms. The molecule has 0 aliphatic heterocycles. The van der Waals surface area contributed by atoms with Crippen molar-refractivity contribution in [2.45, 2.75) is 58.2 Å². The van der Waals surface area contributed by atoms with Gasteiger partial charge in [-0.2, -0.15) is 5.10 Å². The Hall–Kier alpha value is -0.350. The lowest BCUT2D eigenvalue weighted by molar-refractivity contribution is 0.267. The van der Waals surface area contributed by atoms with Gasteiger partial charge >= 0.3 is 0 Å². The van der Waals surface area contributed by atoms with Gasteiger partial charge in [0.05, 0.1) is 11.7 Å². The zero-order chi connectivity index (χ0) is 13.0. The zero-order valence-corrected chi connectivity index (χ0v) is 13.1. The van der Waals surface area contributed by atoms with Crippen molar-refractivity contribution in [3.05, 3.63) is 18.0 Å². The van der Waals surface area contributed by atoms with Gasteiger partial charge in [-0.05, 0) is 31.7 Å². The SMILES string of the molecule is CCC(CC)n1ccc(CN(CCBr)C2CC2)n1. The monoisotopic (exact) mass is 313 g/mol. The Labute approximate surface area is 119 Å². The predicted octanol–water partition coefficient (Wildman–Crippen LogP) is 3.60. The minimum atomic E-state index is 0.560. The first-order valence-corrected chi connectivity index (χ1v) is 8.24. The lowest BCUT2D eigenvalue weighted by atomic mass is 10.2. The van der Waals surface area contributed by atoms with E-state index in [1.807, 2.05) is 0 Å². The molecule has 0 bridgehead atoms. The second-order valence-corrected chi connectivity index (χ2v) is 5.94. The third kappa shape index (κ3) is 3.58. The maximum atomic E-state index is 4.74. The summed E-state index contributed by atoms with van der Waals surface area (Å²) in [5.74, 6) is 0. The maximum absolute atomic E-state index is 4.74. The van der Waals surface area contributed by atoms with Crippen molar-refractivity contribution in [1.82, 2.24) is 14.7 Å². The van der Waals surface area contributed by atoms with E-state index in [-0.39, 0.29) is 0 Å².